The van der Waals surface area contributed by atoms with Crippen LogP contribution in [0, 0.1) is 0 Å². The van der Waals surface area contributed by atoms with Gasteiger partial charge in [0.25, 0.3) is 0 Å². The van der Waals surface area contributed by atoms with E-state index in [0.29, 0.717) is 0 Å². The minimum absolute atomic E-state index is 1.24. The number of nitrogens with zero attached hydrogens (tertiary/aromatic N) is 3. The molecule has 0 radical (unpaired) electrons. The third-order valence-electron chi connectivity index (χ3n) is 1.59. The van der Waals surface area contributed by atoms with E-state index in [1.165, 1.54) is 0 Å². The molecular weight excluding hydrogens is 376 g/mol. The van der Waals surface area contributed by atoms with Crippen molar-refractivity contribution in [2.45, 2.75) is 17.1 Å². The Kier molecular flexibility index (Phi) is 6.46. The quantitative estimate of drug-likeness (QED) is 0.163. The average molecular weight is 381 g/mol. The summed E-state index contributed by atoms with van der Waals surface area (Å²) in [5.41, 5.74) is -3.89. The van der Waals surface area contributed by atoms with E-state index in [1.807, 2.05) is 4.91 Å². The molecule has 130 valence electrons. The van der Waals surface area contributed by atoms with Gasteiger partial charge in [0.2, 0.25) is 0 Å². The van der Waals surface area contributed by atoms with E-state index >= 15 is 0 Å². The van der Waals surface area contributed by atoms with Gasteiger partial charge in [0.1, 0.15) is 6.10 Å². The molecule has 0 aromatic carbocycles. The summed E-state index contributed by atoms with van der Waals surface area (Å²) in [4.78, 5) is 2.00. The minimum atomic E-state index is -6.27. The highest BCUT2D eigenvalue weighted by molar-refractivity contribution is 7.88. The number of halogens is 6. The Balaban J connectivity index is 5.16. The lowest BCUT2D eigenvalue weighted by molar-refractivity contribution is -0.0626. The van der Waals surface area contributed by atoms with Crippen molar-refractivity contribution in [2.75, 3.05) is 13.2 Å². The lowest BCUT2D eigenvalue weighted by Crippen LogP contribution is -2.36. The zero-order valence-corrected chi connectivity index (χ0v) is 11.5. The summed E-state index contributed by atoms with van der Waals surface area (Å²) in [6.45, 7) is -3.02. The van der Waals surface area contributed by atoms with Gasteiger partial charge in [-0.05, 0) is 5.53 Å². The predicted octanol–water partition coefficient (Wildman–Crippen LogP) is 1.40. The second-order valence-electron chi connectivity index (χ2n) is 3.22. The van der Waals surface area contributed by atoms with Crippen molar-refractivity contribution >= 4 is 20.2 Å². The van der Waals surface area contributed by atoms with Crippen LogP contribution in [0.15, 0.2) is 5.11 Å². The van der Waals surface area contributed by atoms with Crippen LogP contribution in [0.2, 0.25) is 0 Å². The zero-order valence-electron chi connectivity index (χ0n) is 9.87. The van der Waals surface area contributed by atoms with Crippen LogP contribution in [0.5, 0.6) is 0 Å². The van der Waals surface area contributed by atoms with Crippen molar-refractivity contribution in [1.82, 2.24) is 0 Å². The summed E-state index contributed by atoms with van der Waals surface area (Å²) in [5, 5.41) is 2.57. The molecule has 0 saturated heterocycles. The summed E-state index contributed by atoms with van der Waals surface area (Å²) in [5.74, 6) is 0. The molecule has 0 spiro atoms. The van der Waals surface area contributed by atoms with Gasteiger partial charge in [-0.2, -0.15) is 43.2 Å². The Morgan fingerprint density at radius 3 is 1.82 bits per heavy atom. The first-order valence-corrected chi connectivity index (χ1v) is 7.42. The summed E-state index contributed by atoms with van der Waals surface area (Å²) in [7, 11) is -12.5. The number of hydrogen-bond acceptors (Lipinski definition) is 7. The van der Waals surface area contributed by atoms with Crippen molar-refractivity contribution in [1.29, 1.82) is 0 Å². The van der Waals surface area contributed by atoms with Gasteiger partial charge in [-0.3, -0.25) is 8.37 Å². The highest BCUT2D eigenvalue weighted by Crippen LogP contribution is 2.27. The summed E-state index contributed by atoms with van der Waals surface area (Å²) in [6.07, 6.45) is -2.44. The molecular formula is C5H5F6N3O6S2. The fourth-order valence-electron chi connectivity index (χ4n) is 0.704. The van der Waals surface area contributed by atoms with Gasteiger partial charge in [-0.15, -0.1) is 0 Å². The van der Waals surface area contributed by atoms with Gasteiger partial charge >= 0.3 is 31.3 Å². The Hall–Kier alpha value is -1.29. The third-order valence-corrected chi connectivity index (χ3v) is 3.69. The first-order chi connectivity index (χ1) is 9.64. The number of azide groups is 1. The Bertz CT molecular complexity index is 633. The van der Waals surface area contributed by atoms with E-state index in [0.717, 1.165) is 0 Å². The van der Waals surface area contributed by atoms with Crippen LogP contribution in [0.25, 0.3) is 10.4 Å². The molecule has 9 nitrogen and oxygen atoms in total. The molecule has 0 rings (SSSR count). The van der Waals surface area contributed by atoms with Crippen LogP contribution in [-0.4, -0.2) is 47.1 Å². The fraction of sp³-hybridized carbons (Fsp3) is 1.00. The first kappa shape index (κ1) is 20.7. The Morgan fingerprint density at radius 1 is 1.00 bits per heavy atom. The number of hydrogen-bond donors (Lipinski definition) is 0. The highest BCUT2D eigenvalue weighted by Gasteiger charge is 2.50. The molecule has 1 atom stereocenters. The molecule has 0 aliphatic carbocycles. The zero-order chi connectivity index (χ0) is 17.8. The highest BCUT2D eigenvalue weighted by atomic mass is 32.2. The molecule has 0 heterocycles. The van der Waals surface area contributed by atoms with Gasteiger partial charge in [0, 0.05) is 4.91 Å². The van der Waals surface area contributed by atoms with Crippen LogP contribution in [0.4, 0.5) is 26.3 Å². The molecule has 17 heteroatoms. The monoisotopic (exact) mass is 381 g/mol. The molecule has 1 unspecified atom stereocenters. The smallest absolute Gasteiger partial charge is 0.260 e. The van der Waals surface area contributed by atoms with Crippen molar-refractivity contribution < 1.29 is 51.5 Å². The molecule has 22 heavy (non-hydrogen) atoms. The van der Waals surface area contributed by atoms with E-state index in [4.69, 9.17) is 5.53 Å². The third kappa shape index (κ3) is 5.84. The van der Waals surface area contributed by atoms with E-state index in [2.05, 4.69) is 13.5 Å². The molecule has 0 aliphatic rings. The molecule has 0 bridgehead atoms. The SMILES string of the molecule is [N-]=[N+]=NCC(COS(=O)(=O)C(F)(F)F)OS(=O)(=O)C(F)(F)F. The average Bonchev–Trinajstić information content (AvgIpc) is 2.29. The Morgan fingerprint density at radius 2 is 1.45 bits per heavy atom. The maximum Gasteiger partial charge on any atom is 0.523 e. The van der Waals surface area contributed by atoms with Gasteiger partial charge in [-0.25, -0.2) is 0 Å². The van der Waals surface area contributed by atoms with Gasteiger partial charge in [0.05, 0.1) is 13.2 Å². The number of alkyl halides is 6. The topological polar surface area (TPSA) is 136 Å². The van der Waals surface area contributed by atoms with Gasteiger partial charge < -0.3 is 0 Å². The summed E-state index contributed by atoms with van der Waals surface area (Å²) >= 11 is 0. The molecule has 0 fully saturated rings. The minimum Gasteiger partial charge on any atom is -0.260 e. The lowest BCUT2D eigenvalue weighted by atomic mass is 10.4. The van der Waals surface area contributed by atoms with Crippen molar-refractivity contribution in [2.24, 2.45) is 5.11 Å². The largest absolute Gasteiger partial charge is 0.523 e. The van der Waals surface area contributed by atoms with Crippen LogP contribution in [-0.2, 0) is 28.6 Å². The number of rotatable bonds is 7. The fourth-order valence-corrected chi connectivity index (χ4v) is 1.75. The molecule has 0 aromatic rings. The summed E-state index contributed by atoms with van der Waals surface area (Å²) in [6, 6.07) is 0. The van der Waals surface area contributed by atoms with Crippen LogP contribution in [0.3, 0.4) is 0 Å². The molecule has 0 aromatic heterocycles. The van der Waals surface area contributed by atoms with E-state index in [-0.39, 0.29) is 0 Å². The molecule has 0 saturated carbocycles. The van der Waals surface area contributed by atoms with Crippen molar-refractivity contribution in [3.05, 3.63) is 10.4 Å². The van der Waals surface area contributed by atoms with Gasteiger partial charge in [-0.1, -0.05) is 5.11 Å². The normalized spacial score (nSPS) is 15.2. The van der Waals surface area contributed by atoms with Crippen LogP contribution >= 0.6 is 0 Å². The first-order valence-electron chi connectivity index (χ1n) is 4.60. The van der Waals surface area contributed by atoms with E-state index < -0.39 is 50.5 Å². The Labute approximate surface area is 118 Å². The standard InChI is InChI=1S/C5H5F6N3O6S2/c6-4(7,8)21(15,16)19-2-3(1-13-14-12)20-22(17,18)5(9,10)11/h3H,1-2H2. The van der Waals surface area contributed by atoms with Crippen molar-refractivity contribution in [3.63, 3.8) is 0 Å². The maximum atomic E-state index is 12.0. The van der Waals surface area contributed by atoms with Crippen molar-refractivity contribution in [3.8, 4) is 0 Å². The second kappa shape index (κ2) is 6.86. The molecule has 0 aliphatic heterocycles. The summed E-state index contributed by atoms with van der Waals surface area (Å²) < 4.78 is 121. The molecule has 0 amide bonds. The van der Waals surface area contributed by atoms with Gasteiger partial charge in [0.15, 0.2) is 0 Å². The lowest BCUT2D eigenvalue weighted by Gasteiger charge is -2.17. The van der Waals surface area contributed by atoms with Crippen LogP contribution in [0.1, 0.15) is 0 Å². The van der Waals surface area contributed by atoms with Crippen LogP contribution < -0.4 is 0 Å². The molecule has 0 N–H and O–H groups in total. The van der Waals surface area contributed by atoms with E-state index in [1.54, 1.807) is 0 Å². The maximum absolute atomic E-state index is 12.0. The van der Waals surface area contributed by atoms with E-state index in [9.17, 15) is 43.2 Å². The predicted molar refractivity (Wildman–Crippen MR) is 54.8 cm³/mol. The second-order valence-corrected chi connectivity index (χ2v) is 6.39.